The van der Waals surface area contributed by atoms with E-state index in [1.54, 1.807) is 0 Å². The van der Waals surface area contributed by atoms with Crippen LogP contribution in [0.1, 0.15) is 11.3 Å². The van der Waals surface area contributed by atoms with Gasteiger partial charge >= 0.3 is 0 Å². The zero-order valence-corrected chi connectivity index (χ0v) is 30.1. The summed E-state index contributed by atoms with van der Waals surface area (Å²) >= 11 is 20.8. The van der Waals surface area contributed by atoms with E-state index >= 15 is 0 Å². The molecule has 5 aromatic rings. The maximum Gasteiger partial charge on any atom is 0.285 e. The number of fused-ring (bicyclic) bond motifs is 1. The first-order chi connectivity index (χ1) is 23.2. The molecule has 250 valence electrons. The largest absolute Gasteiger partial charge is 0.291 e. The average molecular weight is 878 g/mol. The number of nitrogens with one attached hydrogen (secondary N) is 1. The van der Waals surface area contributed by atoms with Crippen molar-refractivity contribution in [2.24, 2.45) is 4.99 Å². The molecule has 2 N–H and O–H groups in total. The zero-order chi connectivity index (χ0) is 36.4. The maximum absolute atomic E-state index is 13.0. The van der Waals surface area contributed by atoms with Crippen molar-refractivity contribution < 1.29 is 23.8 Å². The van der Waals surface area contributed by atoms with Crippen molar-refractivity contribution in [1.29, 1.82) is 10.5 Å². The highest BCUT2D eigenvalue weighted by Crippen LogP contribution is 2.51. The minimum absolute atomic E-state index is 0.0534. The number of aromatic nitrogens is 2. The lowest BCUT2D eigenvalue weighted by Crippen LogP contribution is -2.05. The van der Waals surface area contributed by atoms with Gasteiger partial charge in [0, 0.05) is 23.1 Å². The molecule has 4 aromatic carbocycles. The van der Waals surface area contributed by atoms with Gasteiger partial charge in [-0.15, -0.1) is 0 Å². The smallest absolute Gasteiger partial charge is 0.285 e. The molecule has 0 radical (unpaired) electrons. The molecule has 0 saturated carbocycles. The fourth-order valence-corrected chi connectivity index (χ4v) is 4.87. The highest BCUT2D eigenvalue weighted by atomic mass is 79.9. The Balaban J connectivity index is 0.000000240. The van der Waals surface area contributed by atoms with Crippen molar-refractivity contribution in [1.82, 2.24) is 9.78 Å². The van der Waals surface area contributed by atoms with Crippen molar-refractivity contribution in [2.75, 3.05) is 5.48 Å². The van der Waals surface area contributed by atoms with E-state index in [2.05, 4.69) is 42.0 Å². The number of nitriles is 2. The predicted molar refractivity (Wildman–Crippen MR) is 189 cm³/mol. The van der Waals surface area contributed by atoms with Crippen LogP contribution in [0.25, 0.3) is 16.6 Å². The van der Waals surface area contributed by atoms with Gasteiger partial charge < -0.3 is 0 Å². The van der Waals surface area contributed by atoms with Crippen LogP contribution >= 0.6 is 71.6 Å². The van der Waals surface area contributed by atoms with E-state index in [4.69, 9.17) is 38.9 Å². The number of nitro groups is 2. The van der Waals surface area contributed by atoms with E-state index in [1.807, 2.05) is 17.6 Å². The number of aliphatic imine (C=N–C) groups is 1. The average Bonchev–Trinajstić information content (AvgIpc) is 3.41. The molecule has 0 amide bonds. The topological polar surface area (TPSA) is 196 Å². The Kier molecular flexibility index (Phi) is 14.3. The first kappa shape index (κ1) is 39.1. The molecule has 1 heterocycles. The Hall–Kier alpha value is -4.32. The van der Waals surface area contributed by atoms with Crippen molar-refractivity contribution in [3.8, 4) is 17.8 Å². The molecule has 0 fully saturated rings. The van der Waals surface area contributed by atoms with Crippen LogP contribution < -0.4 is 5.48 Å². The van der Waals surface area contributed by atoms with E-state index in [0.717, 1.165) is 6.07 Å². The molecule has 21 heteroatoms. The monoisotopic (exact) mass is 874 g/mol. The minimum Gasteiger partial charge on any atom is -0.291 e. The van der Waals surface area contributed by atoms with E-state index in [0.29, 0.717) is 22.3 Å². The third-order valence-electron chi connectivity index (χ3n) is 5.95. The van der Waals surface area contributed by atoms with Crippen molar-refractivity contribution >= 4 is 111 Å². The third-order valence-corrected chi connectivity index (χ3v) is 7.22. The molecule has 0 aliphatic rings. The first-order valence-electron chi connectivity index (χ1n) is 12.6. The fraction of sp³-hybridized carbons (Fsp3) is 0. The predicted octanol–water partition coefficient (Wildman–Crippen LogP) is 10.6. The lowest BCUT2D eigenvalue weighted by Gasteiger charge is -2.08. The second kappa shape index (κ2) is 17.9. The molecule has 0 bridgehead atoms. The summed E-state index contributed by atoms with van der Waals surface area (Å²) in [4.78, 5) is 24.8. The lowest BCUT2D eigenvalue weighted by atomic mass is 10.1. The second-order valence-electron chi connectivity index (χ2n) is 8.88. The van der Waals surface area contributed by atoms with Crippen LogP contribution in [0.15, 0.2) is 86.7 Å². The Morgan fingerprint density at radius 3 is 1.92 bits per heavy atom. The van der Waals surface area contributed by atoms with Gasteiger partial charge in [-0.25, -0.2) is 18.5 Å². The fourth-order valence-electron chi connectivity index (χ4n) is 3.89. The molecular weight excluding hydrogens is 863 g/mol. The number of hydrogen-bond donors (Lipinski definition) is 2. The van der Waals surface area contributed by atoms with E-state index in [1.165, 1.54) is 71.4 Å². The molecule has 5 rings (SSSR count). The summed E-state index contributed by atoms with van der Waals surface area (Å²) in [6.07, 6.45) is 0. The van der Waals surface area contributed by atoms with Crippen LogP contribution in [-0.2, 0) is 0 Å². The standard InChI is InChI=1S/C14H8BrFN4O3.C14H6BrFN4O2.Cl3P/c15-11-5-10(12(19-21)6-14(11)20(22)23)13(7-17)18-9-3-1-8(16)2-4-9;15-11-5-10-12(6-13(11)20(21)22)18-19(14(10)7-17)9-3-1-8(16)2-4-9;1-4(2)3/h1-6,19,21H;1-6H;. The maximum atomic E-state index is 13.0. The zero-order valence-electron chi connectivity index (χ0n) is 23.7. The number of rotatable bonds is 6. The molecular formula is C28H14Br2Cl3F2N8O5P. The van der Waals surface area contributed by atoms with Gasteiger partial charge in [0.15, 0.2) is 17.4 Å². The third kappa shape index (κ3) is 10.3. The Morgan fingerprint density at radius 1 is 0.918 bits per heavy atom. The van der Waals surface area contributed by atoms with E-state index in [9.17, 15) is 39.5 Å². The number of nitro benzene ring substituents is 2. The van der Waals surface area contributed by atoms with Gasteiger partial charge in [0.1, 0.15) is 29.3 Å². The summed E-state index contributed by atoms with van der Waals surface area (Å²) in [6.45, 7) is 0. The molecule has 0 aliphatic carbocycles. The number of benzene rings is 4. The Labute approximate surface area is 306 Å². The number of halogens is 7. The SMILES string of the molecule is ClP(Cl)Cl.N#CC(=Nc1ccc(F)cc1)c1cc(Br)c([N+](=O)[O-])cc1NO.N#Cc1c2cc(Br)c([N+](=O)[O-])cc2nn1-c1ccc(F)cc1. The van der Waals surface area contributed by atoms with Crippen molar-refractivity contribution in [3.05, 3.63) is 125 Å². The molecule has 0 aliphatic heterocycles. The van der Waals surface area contributed by atoms with E-state index in [-0.39, 0.29) is 43.0 Å². The second-order valence-corrected chi connectivity index (χ2v) is 15.6. The first-order valence-corrected chi connectivity index (χ1v) is 18.3. The Bertz CT molecular complexity index is 2140. The number of hydrogen-bond acceptors (Lipinski definition) is 10. The van der Waals surface area contributed by atoms with Crippen LogP contribution in [-0.4, -0.2) is 30.5 Å². The summed E-state index contributed by atoms with van der Waals surface area (Å²) in [7, 11) is 0. The highest BCUT2D eigenvalue weighted by Gasteiger charge is 2.21. The van der Waals surface area contributed by atoms with E-state index < -0.39 is 27.5 Å². The van der Waals surface area contributed by atoms with Crippen molar-refractivity contribution in [3.63, 3.8) is 0 Å². The number of anilines is 1. The molecule has 0 atom stereocenters. The van der Waals surface area contributed by atoms with Crippen LogP contribution in [0.5, 0.6) is 0 Å². The Morgan fingerprint density at radius 2 is 1.43 bits per heavy atom. The van der Waals surface area contributed by atoms with Gasteiger partial charge in [-0.2, -0.15) is 15.6 Å². The molecule has 0 spiro atoms. The molecule has 0 saturated heterocycles. The minimum atomic E-state index is -1.20. The van der Waals surface area contributed by atoms with Gasteiger partial charge in [-0.05, 0) is 92.5 Å². The van der Waals surface area contributed by atoms with Gasteiger partial charge in [0.25, 0.3) is 11.4 Å². The van der Waals surface area contributed by atoms with Crippen molar-refractivity contribution in [2.45, 2.75) is 0 Å². The molecule has 49 heavy (non-hydrogen) atoms. The summed E-state index contributed by atoms with van der Waals surface area (Å²) in [5.74, 6) is -2.05. The van der Waals surface area contributed by atoms with Crippen LogP contribution in [0.2, 0.25) is 0 Å². The normalized spacial score (nSPS) is 10.6. The quantitative estimate of drug-likeness (QED) is 0.0721. The molecule has 0 unspecified atom stereocenters. The summed E-state index contributed by atoms with van der Waals surface area (Å²) in [6, 6.07) is 19.6. The van der Waals surface area contributed by atoms with Gasteiger partial charge in [-0.1, -0.05) is 33.7 Å². The number of nitrogens with zero attached hydrogens (tertiary/aromatic N) is 7. The van der Waals surface area contributed by atoms with Gasteiger partial charge in [0.05, 0.1) is 35.9 Å². The lowest BCUT2D eigenvalue weighted by molar-refractivity contribution is -0.385. The summed E-state index contributed by atoms with van der Waals surface area (Å²) in [5, 5.41) is 54.3. The molecule has 13 nitrogen and oxygen atoms in total. The highest BCUT2D eigenvalue weighted by molar-refractivity contribution is 9.11. The molecule has 1 aromatic heterocycles. The van der Waals surface area contributed by atoms with Crippen LogP contribution in [0, 0.1) is 54.5 Å². The van der Waals surface area contributed by atoms with Gasteiger partial charge in [-0.3, -0.25) is 30.9 Å². The van der Waals surface area contributed by atoms with Gasteiger partial charge in [0.2, 0.25) is 0 Å². The van der Waals surface area contributed by atoms with Crippen LogP contribution in [0.4, 0.5) is 31.5 Å². The summed E-state index contributed by atoms with van der Waals surface area (Å²) < 4.78 is 27.6. The van der Waals surface area contributed by atoms with Crippen LogP contribution in [0.3, 0.4) is 0 Å². The summed E-state index contributed by atoms with van der Waals surface area (Å²) in [5.41, 5.74) is 2.72.